The third-order valence-corrected chi connectivity index (χ3v) is 5.76. The first-order valence-corrected chi connectivity index (χ1v) is 11.1. The van der Waals surface area contributed by atoms with Crippen LogP contribution in [0.4, 0.5) is 0 Å². The van der Waals surface area contributed by atoms with Crippen molar-refractivity contribution in [2.75, 3.05) is 46.1 Å². The fraction of sp³-hybridized carbons (Fsp3) is 0.696. The molecule has 5 nitrogen and oxygen atoms in total. The van der Waals surface area contributed by atoms with E-state index in [0.29, 0.717) is 11.8 Å². The minimum atomic E-state index is 0. The first-order chi connectivity index (χ1) is 13.9. The van der Waals surface area contributed by atoms with Crippen LogP contribution < -0.4 is 10.6 Å². The number of hydrogen-bond acceptors (Lipinski definition) is 3. The summed E-state index contributed by atoms with van der Waals surface area (Å²) in [6.07, 6.45) is 6.99. The van der Waals surface area contributed by atoms with Gasteiger partial charge in [0.2, 0.25) is 0 Å². The smallest absolute Gasteiger partial charge is 0.191 e. The number of nitrogens with zero attached hydrogens (tertiary/aromatic N) is 1. The van der Waals surface area contributed by atoms with Crippen LogP contribution in [-0.2, 0) is 15.9 Å². The van der Waals surface area contributed by atoms with E-state index in [4.69, 9.17) is 14.5 Å². The van der Waals surface area contributed by atoms with Gasteiger partial charge in [-0.25, -0.2) is 0 Å². The van der Waals surface area contributed by atoms with E-state index in [-0.39, 0.29) is 24.0 Å². The van der Waals surface area contributed by atoms with E-state index in [1.165, 1.54) is 30.4 Å². The predicted molar refractivity (Wildman–Crippen MR) is 130 cm³/mol. The van der Waals surface area contributed by atoms with Crippen molar-refractivity contribution in [2.24, 2.45) is 10.9 Å². The van der Waals surface area contributed by atoms with Crippen LogP contribution in [0.15, 0.2) is 29.3 Å². The minimum Gasteiger partial charge on any atom is -0.381 e. The topological polar surface area (TPSA) is 54.9 Å². The number of nitrogens with one attached hydrogen (secondary N) is 2. The van der Waals surface area contributed by atoms with Gasteiger partial charge in [0.1, 0.15) is 0 Å². The van der Waals surface area contributed by atoms with Crippen LogP contribution >= 0.6 is 24.0 Å². The molecule has 0 spiro atoms. The Balaban J connectivity index is 0.00000300. The van der Waals surface area contributed by atoms with E-state index in [1.807, 2.05) is 0 Å². The number of benzene rings is 1. The lowest BCUT2D eigenvalue weighted by atomic mass is 9.83. The highest BCUT2D eigenvalue weighted by atomic mass is 127. The molecule has 0 bridgehead atoms. The summed E-state index contributed by atoms with van der Waals surface area (Å²) in [5, 5.41) is 6.83. The van der Waals surface area contributed by atoms with Gasteiger partial charge in [-0.3, -0.25) is 4.99 Å². The highest BCUT2D eigenvalue weighted by Crippen LogP contribution is 2.31. The molecule has 1 aromatic carbocycles. The highest BCUT2D eigenvalue weighted by molar-refractivity contribution is 14.0. The van der Waals surface area contributed by atoms with Gasteiger partial charge in [0.25, 0.3) is 0 Å². The molecule has 3 rings (SSSR count). The fourth-order valence-corrected chi connectivity index (χ4v) is 4.13. The van der Waals surface area contributed by atoms with Crippen LogP contribution in [0.25, 0.3) is 0 Å². The lowest BCUT2D eigenvalue weighted by Crippen LogP contribution is -2.38. The molecule has 0 aromatic heterocycles. The van der Waals surface area contributed by atoms with Gasteiger partial charge >= 0.3 is 0 Å². The molecular formula is C23H38IN3O2. The Hall–Kier alpha value is -0.860. The number of rotatable bonds is 9. The minimum absolute atomic E-state index is 0. The maximum Gasteiger partial charge on any atom is 0.191 e. The maximum atomic E-state index is 5.85. The van der Waals surface area contributed by atoms with Crippen molar-refractivity contribution >= 4 is 29.9 Å². The monoisotopic (exact) mass is 515 g/mol. The lowest BCUT2D eigenvalue weighted by molar-refractivity contribution is 0.0203. The van der Waals surface area contributed by atoms with Crippen molar-refractivity contribution in [1.29, 1.82) is 0 Å². The van der Waals surface area contributed by atoms with E-state index in [0.717, 1.165) is 71.3 Å². The molecule has 1 aliphatic carbocycles. The Morgan fingerprint density at radius 2 is 2.00 bits per heavy atom. The Kier molecular flexibility index (Phi) is 12.0. The third kappa shape index (κ3) is 8.42. The number of aryl methyl sites for hydroxylation is 1. The van der Waals surface area contributed by atoms with Gasteiger partial charge in [0.15, 0.2) is 5.96 Å². The molecule has 2 aliphatic rings. The standard InChI is InChI=1S/C23H37N3O2.HI/c1-2-24-23(25-13-6-14-28-18-19-11-15-27-16-12-19)26-17-21-9-5-8-20-7-3-4-10-22(20)21;/h3-4,7,10,19,21H,2,5-6,8-9,11-18H2,1H3,(H2,24,25,26);1H. The molecule has 1 heterocycles. The van der Waals surface area contributed by atoms with Gasteiger partial charge in [0, 0.05) is 52.0 Å². The van der Waals surface area contributed by atoms with E-state index in [2.05, 4.69) is 41.8 Å². The largest absolute Gasteiger partial charge is 0.381 e. The summed E-state index contributed by atoms with van der Waals surface area (Å²) in [6, 6.07) is 8.87. The van der Waals surface area contributed by atoms with Crippen molar-refractivity contribution in [1.82, 2.24) is 10.6 Å². The van der Waals surface area contributed by atoms with Crippen LogP contribution in [0.1, 0.15) is 56.1 Å². The molecule has 1 fully saturated rings. The Morgan fingerprint density at radius 3 is 2.83 bits per heavy atom. The average Bonchev–Trinajstić information content (AvgIpc) is 2.75. The molecule has 29 heavy (non-hydrogen) atoms. The average molecular weight is 515 g/mol. The molecule has 6 heteroatoms. The van der Waals surface area contributed by atoms with Crippen LogP contribution in [0.3, 0.4) is 0 Å². The fourth-order valence-electron chi connectivity index (χ4n) is 4.13. The molecule has 1 saturated heterocycles. The molecule has 1 unspecified atom stereocenters. The summed E-state index contributed by atoms with van der Waals surface area (Å²) in [4.78, 5) is 4.87. The quantitative estimate of drug-likeness (QED) is 0.225. The molecular weight excluding hydrogens is 477 g/mol. The van der Waals surface area contributed by atoms with Crippen molar-refractivity contribution in [3.05, 3.63) is 35.4 Å². The first kappa shape index (κ1) is 24.4. The van der Waals surface area contributed by atoms with E-state index < -0.39 is 0 Å². The van der Waals surface area contributed by atoms with Gasteiger partial charge < -0.3 is 20.1 Å². The van der Waals surface area contributed by atoms with Gasteiger partial charge in [-0.2, -0.15) is 0 Å². The van der Waals surface area contributed by atoms with Crippen molar-refractivity contribution in [3.8, 4) is 0 Å². The van der Waals surface area contributed by atoms with Crippen LogP contribution in [-0.4, -0.2) is 52.0 Å². The lowest BCUT2D eigenvalue weighted by Gasteiger charge is -2.24. The zero-order valence-corrected chi connectivity index (χ0v) is 20.2. The van der Waals surface area contributed by atoms with Gasteiger partial charge in [-0.15, -0.1) is 24.0 Å². The van der Waals surface area contributed by atoms with Crippen LogP contribution in [0.5, 0.6) is 0 Å². The summed E-state index contributed by atoms with van der Waals surface area (Å²) in [6.45, 7) is 8.20. The summed E-state index contributed by atoms with van der Waals surface area (Å²) in [5.74, 6) is 2.15. The summed E-state index contributed by atoms with van der Waals surface area (Å²) in [7, 11) is 0. The molecule has 164 valence electrons. The summed E-state index contributed by atoms with van der Waals surface area (Å²) in [5.41, 5.74) is 3.00. The van der Waals surface area contributed by atoms with Gasteiger partial charge in [-0.1, -0.05) is 24.3 Å². The zero-order chi connectivity index (χ0) is 19.4. The van der Waals surface area contributed by atoms with Gasteiger partial charge in [-0.05, 0) is 62.5 Å². The number of ether oxygens (including phenoxy) is 2. The van der Waals surface area contributed by atoms with Crippen LogP contribution in [0.2, 0.25) is 0 Å². The maximum absolute atomic E-state index is 5.85. The number of fused-ring (bicyclic) bond motifs is 1. The summed E-state index contributed by atoms with van der Waals surface area (Å²) >= 11 is 0. The second kappa shape index (κ2) is 14.2. The molecule has 0 saturated carbocycles. The van der Waals surface area contributed by atoms with Crippen molar-refractivity contribution in [2.45, 2.75) is 51.4 Å². The van der Waals surface area contributed by atoms with Crippen molar-refractivity contribution < 1.29 is 9.47 Å². The summed E-state index contributed by atoms with van der Waals surface area (Å²) < 4.78 is 11.2. The van der Waals surface area contributed by atoms with Gasteiger partial charge in [0.05, 0.1) is 0 Å². The molecule has 1 atom stereocenters. The van der Waals surface area contributed by atoms with E-state index in [9.17, 15) is 0 Å². The number of hydrogen-bond donors (Lipinski definition) is 2. The van der Waals surface area contributed by atoms with Crippen molar-refractivity contribution in [3.63, 3.8) is 0 Å². The SMILES string of the molecule is CCNC(=NCC1CCCc2ccccc21)NCCCOCC1CCOCC1.I. The first-order valence-electron chi connectivity index (χ1n) is 11.1. The molecule has 1 aliphatic heterocycles. The number of halogens is 1. The Labute approximate surface area is 193 Å². The Morgan fingerprint density at radius 1 is 1.17 bits per heavy atom. The third-order valence-electron chi connectivity index (χ3n) is 5.76. The normalized spacial score (nSPS) is 19.9. The molecule has 2 N–H and O–H groups in total. The number of aliphatic imine (C=N–C) groups is 1. The Bertz CT molecular complexity index is 606. The predicted octanol–water partition coefficient (Wildman–Crippen LogP) is 4.11. The highest BCUT2D eigenvalue weighted by Gasteiger charge is 2.19. The number of guanidine groups is 1. The van der Waals surface area contributed by atoms with Crippen LogP contribution in [0, 0.1) is 5.92 Å². The molecule has 0 amide bonds. The molecule has 1 aromatic rings. The van der Waals surface area contributed by atoms with E-state index in [1.54, 1.807) is 0 Å². The second-order valence-corrected chi connectivity index (χ2v) is 7.92. The molecule has 0 radical (unpaired) electrons. The zero-order valence-electron chi connectivity index (χ0n) is 17.8. The second-order valence-electron chi connectivity index (χ2n) is 7.92. The van der Waals surface area contributed by atoms with E-state index >= 15 is 0 Å².